The van der Waals surface area contributed by atoms with E-state index in [1.807, 2.05) is 13.8 Å². The quantitative estimate of drug-likeness (QED) is 0.336. The van der Waals surface area contributed by atoms with Crippen molar-refractivity contribution in [3.8, 4) is 11.5 Å². The minimum Gasteiger partial charge on any atom is -0.507 e. The summed E-state index contributed by atoms with van der Waals surface area (Å²) >= 11 is 6.07. The molecule has 1 amide bonds. The Bertz CT molecular complexity index is 1050. The average Bonchev–Trinajstić information content (AvgIpc) is 3.09. The predicted octanol–water partition coefficient (Wildman–Crippen LogP) is 4.12. The van der Waals surface area contributed by atoms with E-state index in [0.717, 1.165) is 13.1 Å². The summed E-state index contributed by atoms with van der Waals surface area (Å²) in [6.07, 6.45) is 0. The van der Waals surface area contributed by atoms with Crippen LogP contribution in [0.1, 0.15) is 31.0 Å². The number of hydrogen-bond donors (Lipinski definition) is 1. The molecule has 176 valence electrons. The second kappa shape index (κ2) is 10.7. The van der Waals surface area contributed by atoms with Gasteiger partial charge in [0.1, 0.15) is 5.76 Å². The van der Waals surface area contributed by atoms with E-state index in [0.29, 0.717) is 40.7 Å². The van der Waals surface area contributed by atoms with Crippen molar-refractivity contribution in [3.63, 3.8) is 0 Å². The molecule has 2 aromatic carbocycles. The van der Waals surface area contributed by atoms with Crippen molar-refractivity contribution < 1.29 is 24.2 Å². The van der Waals surface area contributed by atoms with E-state index in [2.05, 4.69) is 4.90 Å². The molecule has 1 atom stereocenters. The second-order valence-corrected chi connectivity index (χ2v) is 8.08. The van der Waals surface area contributed by atoms with Gasteiger partial charge in [0.15, 0.2) is 11.5 Å². The highest BCUT2D eigenvalue weighted by atomic mass is 35.5. The fraction of sp³-hybridized carbons (Fsp3) is 0.360. The molecular formula is C25H29ClN2O5. The van der Waals surface area contributed by atoms with Crippen molar-refractivity contribution in [2.75, 3.05) is 40.4 Å². The summed E-state index contributed by atoms with van der Waals surface area (Å²) in [7, 11) is 3.00. The first kappa shape index (κ1) is 24.6. The van der Waals surface area contributed by atoms with Crippen LogP contribution in [0.2, 0.25) is 5.02 Å². The van der Waals surface area contributed by atoms with Gasteiger partial charge in [0.25, 0.3) is 11.7 Å². The zero-order valence-corrected chi connectivity index (χ0v) is 20.1. The molecule has 1 aliphatic heterocycles. The molecule has 1 unspecified atom stereocenters. The van der Waals surface area contributed by atoms with Crippen LogP contribution in [0, 0.1) is 0 Å². The molecule has 2 aromatic rings. The van der Waals surface area contributed by atoms with Crippen LogP contribution in [0.4, 0.5) is 0 Å². The van der Waals surface area contributed by atoms with Gasteiger partial charge >= 0.3 is 0 Å². The van der Waals surface area contributed by atoms with Gasteiger partial charge in [0.05, 0.1) is 25.8 Å². The van der Waals surface area contributed by atoms with E-state index in [1.54, 1.807) is 42.5 Å². The van der Waals surface area contributed by atoms with E-state index in [9.17, 15) is 14.7 Å². The number of likely N-dealkylation sites (tertiary alicyclic amines) is 1. The number of benzene rings is 2. The summed E-state index contributed by atoms with van der Waals surface area (Å²) in [5.41, 5.74) is 1.09. The Labute approximate surface area is 199 Å². The molecule has 33 heavy (non-hydrogen) atoms. The fourth-order valence-corrected chi connectivity index (χ4v) is 4.16. The van der Waals surface area contributed by atoms with Crippen LogP contribution in [0.25, 0.3) is 5.76 Å². The maximum absolute atomic E-state index is 13.1. The third-order valence-electron chi connectivity index (χ3n) is 5.93. The van der Waals surface area contributed by atoms with Crippen molar-refractivity contribution in [2.45, 2.75) is 19.9 Å². The van der Waals surface area contributed by atoms with E-state index >= 15 is 0 Å². The first-order valence-corrected chi connectivity index (χ1v) is 11.2. The van der Waals surface area contributed by atoms with Gasteiger partial charge in [-0.2, -0.15) is 0 Å². The SMILES string of the molecule is CCN(CC)CCN1C(=O)C(=O)/C(=C(\O)c2ccc(OC)c(OC)c2)C1c1ccc(Cl)cc1. The van der Waals surface area contributed by atoms with Gasteiger partial charge in [-0.3, -0.25) is 9.59 Å². The van der Waals surface area contributed by atoms with Crippen LogP contribution >= 0.6 is 11.6 Å². The molecule has 1 aliphatic rings. The lowest BCUT2D eigenvalue weighted by atomic mass is 9.95. The van der Waals surface area contributed by atoms with Crippen LogP contribution < -0.4 is 9.47 Å². The molecule has 7 nitrogen and oxygen atoms in total. The molecule has 1 N–H and O–H groups in total. The molecule has 0 aliphatic carbocycles. The summed E-state index contributed by atoms with van der Waals surface area (Å²) in [6.45, 7) is 6.72. The third-order valence-corrected chi connectivity index (χ3v) is 6.19. The van der Waals surface area contributed by atoms with Crippen LogP contribution in [0.15, 0.2) is 48.0 Å². The number of ketones is 1. The number of carbonyl (C=O) groups is 2. The molecule has 8 heteroatoms. The van der Waals surface area contributed by atoms with E-state index < -0.39 is 17.7 Å². The Morgan fingerprint density at radius 2 is 1.67 bits per heavy atom. The van der Waals surface area contributed by atoms with Gasteiger partial charge in [-0.05, 0) is 49.0 Å². The van der Waals surface area contributed by atoms with Gasteiger partial charge in [-0.15, -0.1) is 0 Å². The van der Waals surface area contributed by atoms with Gasteiger partial charge in [-0.1, -0.05) is 37.6 Å². The summed E-state index contributed by atoms with van der Waals surface area (Å²) in [5.74, 6) is -0.728. The van der Waals surface area contributed by atoms with E-state index in [1.165, 1.54) is 19.1 Å². The number of methoxy groups -OCH3 is 2. The fourth-order valence-electron chi connectivity index (χ4n) is 4.03. The molecule has 1 fully saturated rings. The van der Waals surface area contributed by atoms with Gasteiger partial charge in [0, 0.05) is 23.7 Å². The summed E-state index contributed by atoms with van der Waals surface area (Å²) < 4.78 is 10.6. The monoisotopic (exact) mass is 472 g/mol. The molecule has 0 radical (unpaired) electrons. The lowest BCUT2D eigenvalue weighted by Gasteiger charge is -2.28. The third kappa shape index (κ3) is 4.99. The number of hydrogen-bond acceptors (Lipinski definition) is 6. The van der Waals surface area contributed by atoms with Gasteiger partial charge in [-0.25, -0.2) is 0 Å². The number of aliphatic hydroxyl groups is 1. The predicted molar refractivity (Wildman–Crippen MR) is 128 cm³/mol. The topological polar surface area (TPSA) is 79.3 Å². The van der Waals surface area contributed by atoms with Crippen molar-refractivity contribution in [3.05, 3.63) is 64.2 Å². The molecule has 0 aromatic heterocycles. The Morgan fingerprint density at radius 3 is 2.24 bits per heavy atom. The number of aliphatic hydroxyl groups excluding tert-OH is 1. The zero-order valence-electron chi connectivity index (χ0n) is 19.3. The molecule has 3 rings (SSSR count). The number of nitrogens with zero attached hydrogens (tertiary/aromatic N) is 2. The van der Waals surface area contributed by atoms with Crippen LogP contribution in [0.3, 0.4) is 0 Å². The molecule has 1 saturated heterocycles. The van der Waals surface area contributed by atoms with E-state index in [-0.39, 0.29) is 11.3 Å². The molecular weight excluding hydrogens is 444 g/mol. The molecule has 1 heterocycles. The van der Waals surface area contributed by atoms with Crippen molar-refractivity contribution in [1.29, 1.82) is 0 Å². The highest BCUT2D eigenvalue weighted by Crippen LogP contribution is 2.40. The molecule has 0 bridgehead atoms. The Kier molecular flexibility index (Phi) is 8.00. The number of Topliss-reactive ketones (excluding diaryl/α,β-unsaturated/α-hetero) is 1. The van der Waals surface area contributed by atoms with Crippen LogP contribution in [-0.2, 0) is 9.59 Å². The van der Waals surface area contributed by atoms with E-state index in [4.69, 9.17) is 21.1 Å². The first-order chi connectivity index (χ1) is 15.9. The Balaban J connectivity index is 2.12. The highest BCUT2D eigenvalue weighted by molar-refractivity contribution is 6.46. The normalized spacial score (nSPS) is 17.6. The van der Waals surface area contributed by atoms with Crippen LogP contribution in [-0.4, -0.2) is 67.0 Å². The Morgan fingerprint density at radius 1 is 1.03 bits per heavy atom. The van der Waals surface area contributed by atoms with Crippen molar-refractivity contribution in [2.24, 2.45) is 0 Å². The number of carbonyl (C=O) groups excluding carboxylic acids is 2. The molecule has 0 spiro atoms. The minimum absolute atomic E-state index is 0.0362. The number of rotatable bonds is 9. The highest BCUT2D eigenvalue weighted by Gasteiger charge is 2.46. The standard InChI is InChI=1S/C25H29ClN2O5/c1-5-27(6-2)13-14-28-22(16-7-10-18(26)11-8-16)21(24(30)25(28)31)23(29)17-9-12-19(32-3)20(15-17)33-4/h7-12,15,22,29H,5-6,13-14H2,1-4H3/b23-21-. The lowest BCUT2D eigenvalue weighted by Crippen LogP contribution is -2.38. The van der Waals surface area contributed by atoms with Gasteiger partial charge in [0.2, 0.25) is 0 Å². The van der Waals surface area contributed by atoms with Gasteiger partial charge < -0.3 is 24.4 Å². The summed E-state index contributed by atoms with van der Waals surface area (Å²) in [4.78, 5) is 29.9. The maximum atomic E-state index is 13.1. The number of halogens is 1. The van der Waals surface area contributed by atoms with Crippen molar-refractivity contribution in [1.82, 2.24) is 9.80 Å². The van der Waals surface area contributed by atoms with Crippen molar-refractivity contribution >= 4 is 29.1 Å². The minimum atomic E-state index is -0.731. The molecule has 0 saturated carbocycles. The Hall–Kier alpha value is -3.03. The van der Waals surface area contributed by atoms with Crippen LogP contribution in [0.5, 0.6) is 11.5 Å². The lowest BCUT2D eigenvalue weighted by molar-refractivity contribution is -0.140. The number of ether oxygens (including phenoxy) is 2. The zero-order chi connectivity index (χ0) is 24.1. The summed E-state index contributed by atoms with van der Waals surface area (Å²) in [5, 5.41) is 11.8. The summed E-state index contributed by atoms with van der Waals surface area (Å²) in [6, 6.07) is 11.1. The first-order valence-electron chi connectivity index (χ1n) is 10.8. The second-order valence-electron chi connectivity index (χ2n) is 7.64. The maximum Gasteiger partial charge on any atom is 0.295 e. The smallest absolute Gasteiger partial charge is 0.295 e. The number of likely N-dealkylation sites (N-methyl/N-ethyl adjacent to an activating group) is 1. The average molecular weight is 473 g/mol. The largest absolute Gasteiger partial charge is 0.507 e. The number of amides is 1.